The Hall–Kier alpha value is 1.40. The molecule has 2 aliphatic rings. The van der Waals surface area contributed by atoms with Crippen LogP contribution < -0.4 is 0 Å². The molecule has 2 saturated carbocycles. The lowest BCUT2D eigenvalue weighted by Crippen LogP contribution is -2.32. The zero-order chi connectivity index (χ0) is 15.6. The largest absolute Gasteiger partial charge is 0.204 e. The van der Waals surface area contributed by atoms with Crippen molar-refractivity contribution in [1.29, 1.82) is 0 Å². The highest BCUT2D eigenvalue weighted by molar-refractivity contribution is 9.63. The Labute approximate surface area is 133 Å². The molecule has 3 unspecified atom stereocenters. The van der Waals surface area contributed by atoms with E-state index in [4.69, 9.17) is 0 Å². The van der Waals surface area contributed by atoms with Crippen LogP contribution in [0.15, 0.2) is 0 Å². The summed E-state index contributed by atoms with van der Waals surface area (Å²) in [5.74, 6) is 2.20. The zero-order valence-electron chi connectivity index (χ0n) is 15.2. The summed E-state index contributed by atoms with van der Waals surface area (Å²) < 4.78 is 0. The standard InChI is InChI=1S/C16H38S4/c1-17(2,3)20(18(4,5)6,19(7,8)9)16-13-14-10-11-15(16)12-14/h14-16H,10-13H2,1-9H3. The van der Waals surface area contributed by atoms with Gasteiger partial charge in [-0.15, -0.1) is 7.12 Å². The Morgan fingerprint density at radius 1 is 0.600 bits per heavy atom. The van der Waals surface area contributed by atoms with Gasteiger partial charge in [0.15, 0.2) is 0 Å². The topological polar surface area (TPSA) is 0 Å². The van der Waals surface area contributed by atoms with Gasteiger partial charge in [0.05, 0.1) is 0 Å². The first kappa shape index (κ1) is 17.7. The van der Waals surface area contributed by atoms with Gasteiger partial charge >= 0.3 is 0 Å². The summed E-state index contributed by atoms with van der Waals surface area (Å²) in [6.07, 6.45) is 30.3. The van der Waals surface area contributed by atoms with Crippen LogP contribution in [0.5, 0.6) is 0 Å². The molecule has 0 aliphatic heterocycles. The number of fused-ring (bicyclic) bond motifs is 2. The quantitative estimate of drug-likeness (QED) is 0.556. The summed E-state index contributed by atoms with van der Waals surface area (Å²) >= 11 is 0. The molecule has 0 aromatic heterocycles. The van der Waals surface area contributed by atoms with Gasteiger partial charge in [-0.2, -0.15) is 0 Å². The van der Waals surface area contributed by atoms with Crippen molar-refractivity contribution in [3.63, 3.8) is 0 Å². The minimum atomic E-state index is -0.504. The van der Waals surface area contributed by atoms with E-state index in [0.29, 0.717) is 0 Å². The Morgan fingerprint density at radius 2 is 1.05 bits per heavy atom. The van der Waals surface area contributed by atoms with Gasteiger partial charge in [-0.05, 0) is 87.4 Å². The molecular weight excluding hydrogens is 320 g/mol. The molecule has 0 spiro atoms. The van der Waals surface area contributed by atoms with Crippen molar-refractivity contribution in [1.82, 2.24) is 0 Å². The molecule has 0 aromatic rings. The highest BCUT2D eigenvalue weighted by Gasteiger charge is 2.57. The smallest absolute Gasteiger partial charge is 0.0140 e. The van der Waals surface area contributed by atoms with E-state index in [1.807, 2.05) is 0 Å². The molecule has 0 radical (unpaired) electrons. The lowest BCUT2D eigenvalue weighted by atomic mass is 10.0. The Morgan fingerprint density at radius 3 is 1.30 bits per heavy atom. The summed E-state index contributed by atoms with van der Waals surface area (Å²) in [6, 6.07) is 0. The van der Waals surface area contributed by atoms with Crippen LogP contribution in [-0.4, -0.2) is 61.6 Å². The van der Waals surface area contributed by atoms with E-state index >= 15 is 0 Å². The van der Waals surface area contributed by atoms with Crippen molar-refractivity contribution in [2.24, 2.45) is 11.8 Å². The van der Waals surface area contributed by atoms with Gasteiger partial charge in [0, 0.05) is 5.25 Å². The lowest BCUT2D eigenvalue weighted by molar-refractivity contribution is 0.492. The van der Waals surface area contributed by atoms with Gasteiger partial charge in [0.1, 0.15) is 0 Å². The average Bonchev–Trinajstić information content (AvgIpc) is 2.71. The van der Waals surface area contributed by atoms with Crippen LogP contribution in [0.4, 0.5) is 0 Å². The molecule has 0 N–H and O–H groups in total. The summed E-state index contributed by atoms with van der Waals surface area (Å²) in [5, 5.41) is 1.11. The van der Waals surface area contributed by atoms with E-state index in [-0.39, 0.29) is 0 Å². The van der Waals surface area contributed by atoms with Crippen molar-refractivity contribution in [3.05, 3.63) is 0 Å². The van der Waals surface area contributed by atoms with Crippen molar-refractivity contribution in [3.8, 4) is 0 Å². The van der Waals surface area contributed by atoms with Crippen LogP contribution >= 0.6 is 34.3 Å². The highest BCUT2D eigenvalue weighted by Crippen LogP contribution is 3.08. The van der Waals surface area contributed by atoms with Gasteiger partial charge in [0.2, 0.25) is 0 Å². The maximum absolute atomic E-state index is 2.67. The minimum absolute atomic E-state index is 0.490. The molecule has 2 aliphatic carbocycles. The minimum Gasteiger partial charge on any atom is -0.204 e. The first-order chi connectivity index (χ1) is 8.82. The summed E-state index contributed by atoms with van der Waals surface area (Å²) in [6.45, 7) is 0. The molecule has 0 nitrogen and oxygen atoms in total. The molecule has 20 heavy (non-hydrogen) atoms. The number of hydrogen-bond donors (Lipinski definition) is 0. The SMILES string of the molecule is CS(C)(C)S(C1CC2CCC1C2)(S(C)(C)C)S(C)(C)C. The fraction of sp³-hybridized carbons (Fsp3) is 1.00. The molecule has 3 atom stereocenters. The van der Waals surface area contributed by atoms with Gasteiger partial charge in [-0.25, -0.2) is 27.2 Å². The third-order valence-electron chi connectivity index (χ3n) is 5.13. The Kier molecular flexibility index (Phi) is 4.62. The summed E-state index contributed by atoms with van der Waals surface area (Å²) in [4.78, 5) is 0. The second-order valence-electron chi connectivity index (χ2n) is 8.88. The third kappa shape index (κ3) is 2.49. The average molecular weight is 359 g/mol. The van der Waals surface area contributed by atoms with Crippen molar-refractivity contribution >= 4 is 34.3 Å². The second-order valence-corrected chi connectivity index (χ2v) is 36.5. The fourth-order valence-electron chi connectivity index (χ4n) is 5.49. The maximum Gasteiger partial charge on any atom is 0.0140 e. The second kappa shape index (κ2) is 5.21. The van der Waals surface area contributed by atoms with Crippen molar-refractivity contribution < 1.29 is 0 Å². The normalized spacial score (nSPS) is 35.1. The summed E-state index contributed by atoms with van der Waals surface area (Å²) in [7, 11) is -1.98. The fourth-order valence-corrected chi connectivity index (χ4v) is 65.5. The van der Waals surface area contributed by atoms with Crippen molar-refractivity contribution in [2.75, 3.05) is 56.3 Å². The lowest BCUT2D eigenvalue weighted by Gasteiger charge is -2.75. The van der Waals surface area contributed by atoms with E-state index in [2.05, 4.69) is 56.3 Å². The van der Waals surface area contributed by atoms with Gasteiger partial charge in [0.25, 0.3) is 0 Å². The third-order valence-corrected chi connectivity index (χ3v) is 47.5. The molecule has 2 bridgehead atoms. The monoisotopic (exact) mass is 358 g/mol. The highest BCUT2D eigenvalue weighted by atomic mass is 33.9. The molecule has 4 heteroatoms. The first-order valence-electron chi connectivity index (χ1n) is 7.69. The number of rotatable bonds is 4. The van der Waals surface area contributed by atoms with Crippen molar-refractivity contribution in [2.45, 2.75) is 30.9 Å². The van der Waals surface area contributed by atoms with E-state index in [1.54, 1.807) is 25.7 Å². The Balaban J connectivity index is 2.59. The van der Waals surface area contributed by atoms with Gasteiger partial charge in [-0.3, -0.25) is 0 Å². The molecule has 126 valence electrons. The maximum atomic E-state index is 2.67. The molecule has 0 saturated heterocycles. The zero-order valence-corrected chi connectivity index (χ0v) is 18.5. The van der Waals surface area contributed by atoms with Crippen LogP contribution in [-0.2, 0) is 0 Å². The van der Waals surface area contributed by atoms with Gasteiger partial charge < -0.3 is 0 Å². The molecular formula is C16H38S4. The Bertz CT molecular complexity index is 333. The van der Waals surface area contributed by atoms with Crippen LogP contribution in [0.2, 0.25) is 0 Å². The van der Waals surface area contributed by atoms with E-state index < -0.39 is 34.3 Å². The van der Waals surface area contributed by atoms with Crippen LogP contribution in [0.1, 0.15) is 25.7 Å². The predicted molar refractivity (Wildman–Crippen MR) is 113 cm³/mol. The van der Waals surface area contributed by atoms with Crippen LogP contribution in [0, 0.1) is 11.8 Å². The van der Waals surface area contributed by atoms with E-state index in [1.165, 1.54) is 0 Å². The first-order valence-corrected chi connectivity index (χ1v) is 19.5. The molecule has 0 heterocycles. The van der Waals surface area contributed by atoms with E-state index in [9.17, 15) is 0 Å². The number of hydrogen-bond acceptors (Lipinski definition) is 0. The molecule has 2 rings (SSSR count). The van der Waals surface area contributed by atoms with Gasteiger partial charge in [-0.1, -0.05) is 6.42 Å². The van der Waals surface area contributed by atoms with E-state index in [0.717, 1.165) is 17.1 Å². The molecule has 0 amide bonds. The molecule has 0 aromatic carbocycles. The van der Waals surface area contributed by atoms with Crippen LogP contribution in [0.25, 0.3) is 0 Å². The summed E-state index contributed by atoms with van der Waals surface area (Å²) in [5.41, 5.74) is 0. The predicted octanol–water partition coefficient (Wildman–Crippen LogP) is 5.81. The van der Waals surface area contributed by atoms with Crippen LogP contribution in [0.3, 0.4) is 0 Å². The molecule has 2 fully saturated rings.